The molecule has 1 aromatic carbocycles. The van der Waals surface area contributed by atoms with Gasteiger partial charge < -0.3 is 10.1 Å². The molecule has 21 heavy (non-hydrogen) atoms. The average molecular weight is 319 g/mol. The van der Waals surface area contributed by atoms with Crippen molar-refractivity contribution in [3.8, 4) is 5.75 Å². The molecule has 1 heterocycles. The van der Waals surface area contributed by atoms with Crippen LogP contribution >= 0.6 is 11.6 Å². The van der Waals surface area contributed by atoms with E-state index in [0.717, 1.165) is 25.9 Å². The highest BCUT2D eigenvalue weighted by molar-refractivity contribution is 6.30. The molecule has 1 fully saturated rings. The van der Waals surface area contributed by atoms with Gasteiger partial charge in [-0.1, -0.05) is 11.6 Å². The number of benzene rings is 1. The maximum Gasteiger partial charge on any atom is 0.387 e. The molecule has 0 amide bonds. The van der Waals surface area contributed by atoms with Crippen LogP contribution in [0.1, 0.15) is 25.3 Å². The fourth-order valence-corrected chi connectivity index (χ4v) is 2.77. The van der Waals surface area contributed by atoms with Crippen LogP contribution in [-0.4, -0.2) is 37.2 Å². The van der Waals surface area contributed by atoms with Gasteiger partial charge in [0.25, 0.3) is 0 Å². The maximum atomic E-state index is 12.5. The van der Waals surface area contributed by atoms with E-state index in [9.17, 15) is 8.78 Å². The van der Waals surface area contributed by atoms with Crippen LogP contribution in [0.25, 0.3) is 0 Å². The van der Waals surface area contributed by atoms with Crippen LogP contribution in [0.2, 0.25) is 5.02 Å². The second-order valence-electron chi connectivity index (χ2n) is 5.72. The van der Waals surface area contributed by atoms with Crippen LogP contribution in [-0.2, 0) is 6.54 Å². The Morgan fingerprint density at radius 2 is 2.05 bits per heavy atom. The first-order valence-corrected chi connectivity index (χ1v) is 7.44. The first-order chi connectivity index (χ1) is 9.92. The predicted octanol–water partition coefficient (Wildman–Crippen LogP) is 3.52. The molecule has 1 saturated heterocycles. The van der Waals surface area contributed by atoms with Crippen molar-refractivity contribution in [2.75, 3.05) is 20.1 Å². The fourth-order valence-electron chi connectivity index (χ4n) is 2.58. The minimum atomic E-state index is -2.82. The number of likely N-dealkylation sites (tertiary alicyclic amines) is 1. The van der Waals surface area contributed by atoms with Crippen LogP contribution in [0.4, 0.5) is 8.78 Å². The van der Waals surface area contributed by atoms with E-state index in [1.54, 1.807) is 12.1 Å². The van der Waals surface area contributed by atoms with Crippen molar-refractivity contribution >= 4 is 11.6 Å². The lowest BCUT2D eigenvalue weighted by Gasteiger charge is -2.39. The van der Waals surface area contributed by atoms with Gasteiger partial charge in [-0.25, -0.2) is 0 Å². The second-order valence-corrected chi connectivity index (χ2v) is 6.15. The molecule has 6 heteroatoms. The topological polar surface area (TPSA) is 24.5 Å². The van der Waals surface area contributed by atoms with Gasteiger partial charge in [0, 0.05) is 35.8 Å². The Morgan fingerprint density at radius 3 is 2.62 bits per heavy atom. The zero-order valence-corrected chi connectivity index (χ0v) is 13.1. The number of halogens is 3. The highest BCUT2D eigenvalue weighted by Gasteiger charge is 2.28. The van der Waals surface area contributed by atoms with Gasteiger partial charge in [0.05, 0.1) is 0 Å². The first kappa shape index (κ1) is 16.5. The van der Waals surface area contributed by atoms with E-state index in [0.29, 0.717) is 17.1 Å². The summed E-state index contributed by atoms with van der Waals surface area (Å²) in [6.07, 6.45) is 2.05. The molecule has 0 spiro atoms. The average Bonchev–Trinajstić information content (AvgIpc) is 2.44. The summed E-state index contributed by atoms with van der Waals surface area (Å²) in [6.45, 7) is 1.78. The molecular formula is C15H21ClF2N2O. The van der Waals surface area contributed by atoms with E-state index < -0.39 is 6.61 Å². The lowest BCUT2D eigenvalue weighted by Crippen LogP contribution is -2.49. The predicted molar refractivity (Wildman–Crippen MR) is 80.1 cm³/mol. The quantitative estimate of drug-likeness (QED) is 0.899. The summed E-state index contributed by atoms with van der Waals surface area (Å²) in [5.41, 5.74) is 0.864. The highest BCUT2D eigenvalue weighted by Crippen LogP contribution is 2.28. The third-order valence-corrected chi connectivity index (χ3v) is 4.43. The summed E-state index contributed by atoms with van der Waals surface area (Å²) < 4.78 is 29.5. The number of nitrogens with one attached hydrogen (secondary N) is 1. The maximum absolute atomic E-state index is 12.5. The molecule has 1 aromatic rings. The molecule has 1 aliphatic rings. The van der Waals surface area contributed by atoms with Crippen molar-refractivity contribution in [1.29, 1.82) is 0 Å². The Hall–Kier alpha value is -0.910. The number of ether oxygens (including phenoxy) is 1. The molecular weight excluding hydrogens is 298 g/mol. The van der Waals surface area contributed by atoms with Crippen molar-refractivity contribution in [1.82, 2.24) is 10.2 Å². The molecule has 0 unspecified atom stereocenters. The van der Waals surface area contributed by atoms with E-state index in [1.807, 2.05) is 7.05 Å². The molecule has 0 bridgehead atoms. The van der Waals surface area contributed by atoms with Crippen molar-refractivity contribution in [2.45, 2.75) is 38.5 Å². The Balaban J connectivity index is 2.04. The molecule has 3 nitrogen and oxygen atoms in total. The summed E-state index contributed by atoms with van der Waals surface area (Å²) in [5, 5.41) is 3.87. The summed E-state index contributed by atoms with van der Waals surface area (Å²) in [7, 11) is 1.97. The largest absolute Gasteiger partial charge is 0.434 e. The molecule has 118 valence electrons. The van der Waals surface area contributed by atoms with Crippen molar-refractivity contribution in [3.05, 3.63) is 28.8 Å². The Labute approximate surface area is 129 Å². The van der Waals surface area contributed by atoms with Crippen LogP contribution in [0.15, 0.2) is 18.2 Å². The van der Waals surface area contributed by atoms with Crippen LogP contribution in [0.3, 0.4) is 0 Å². The lowest BCUT2D eigenvalue weighted by molar-refractivity contribution is -0.0508. The second kappa shape index (κ2) is 6.90. The summed E-state index contributed by atoms with van der Waals surface area (Å²) in [5.74, 6) is 0.205. The Morgan fingerprint density at radius 1 is 1.38 bits per heavy atom. The highest BCUT2D eigenvalue weighted by atomic mass is 35.5. The van der Waals surface area contributed by atoms with Crippen LogP contribution in [0.5, 0.6) is 5.75 Å². The van der Waals surface area contributed by atoms with E-state index in [1.165, 1.54) is 6.07 Å². The van der Waals surface area contributed by atoms with Crippen molar-refractivity contribution in [2.24, 2.45) is 0 Å². The number of nitrogens with zero attached hydrogens (tertiary/aromatic N) is 1. The number of piperidine rings is 1. The minimum absolute atomic E-state index is 0.160. The smallest absolute Gasteiger partial charge is 0.387 e. The molecule has 2 rings (SSSR count). The Kier molecular flexibility index (Phi) is 5.41. The monoisotopic (exact) mass is 318 g/mol. The molecule has 0 saturated carbocycles. The number of hydrogen-bond acceptors (Lipinski definition) is 3. The van der Waals surface area contributed by atoms with Crippen molar-refractivity contribution in [3.63, 3.8) is 0 Å². The summed E-state index contributed by atoms with van der Waals surface area (Å²) in [4.78, 5) is 2.24. The molecule has 1 N–H and O–H groups in total. The molecule has 0 aliphatic carbocycles. The number of rotatable bonds is 5. The standard InChI is InChI=1S/C15H21ClF2N2O/c1-15(19-2)5-7-20(8-6-15)10-11-9-12(16)3-4-13(11)21-14(17)18/h3-4,9,14,19H,5-8,10H2,1-2H3. The molecule has 1 aliphatic heterocycles. The zero-order chi connectivity index (χ0) is 15.5. The minimum Gasteiger partial charge on any atom is -0.434 e. The zero-order valence-electron chi connectivity index (χ0n) is 12.3. The van der Waals surface area contributed by atoms with E-state index in [2.05, 4.69) is 21.9 Å². The van der Waals surface area contributed by atoms with Gasteiger partial charge in [0.15, 0.2) is 0 Å². The fraction of sp³-hybridized carbons (Fsp3) is 0.600. The number of hydrogen-bond donors (Lipinski definition) is 1. The third-order valence-electron chi connectivity index (χ3n) is 4.20. The summed E-state index contributed by atoms with van der Waals surface area (Å²) >= 11 is 5.97. The van der Waals surface area contributed by atoms with Gasteiger partial charge in [0.1, 0.15) is 5.75 Å². The van der Waals surface area contributed by atoms with E-state index in [4.69, 9.17) is 11.6 Å². The van der Waals surface area contributed by atoms with Crippen LogP contribution < -0.4 is 10.1 Å². The van der Waals surface area contributed by atoms with Crippen molar-refractivity contribution < 1.29 is 13.5 Å². The molecule has 0 aromatic heterocycles. The van der Waals surface area contributed by atoms with Gasteiger partial charge in [-0.05, 0) is 45.0 Å². The molecule has 0 radical (unpaired) electrons. The SMILES string of the molecule is CNC1(C)CCN(Cc2cc(Cl)ccc2OC(F)F)CC1. The van der Waals surface area contributed by atoms with Crippen LogP contribution in [0, 0.1) is 0 Å². The number of alkyl halides is 2. The van der Waals surface area contributed by atoms with E-state index in [-0.39, 0.29) is 11.3 Å². The van der Waals surface area contributed by atoms with Gasteiger partial charge in [0.2, 0.25) is 0 Å². The van der Waals surface area contributed by atoms with Gasteiger partial charge in [-0.15, -0.1) is 0 Å². The molecule has 0 atom stereocenters. The van der Waals surface area contributed by atoms with Gasteiger partial charge in [-0.2, -0.15) is 8.78 Å². The normalized spacial score (nSPS) is 19.0. The lowest BCUT2D eigenvalue weighted by atomic mass is 9.90. The van der Waals surface area contributed by atoms with Gasteiger partial charge >= 0.3 is 6.61 Å². The van der Waals surface area contributed by atoms with E-state index >= 15 is 0 Å². The Bertz CT molecular complexity index is 477. The first-order valence-electron chi connectivity index (χ1n) is 7.06. The van der Waals surface area contributed by atoms with Gasteiger partial charge in [-0.3, -0.25) is 4.90 Å². The summed E-state index contributed by atoms with van der Waals surface area (Å²) in [6, 6.07) is 4.77. The third kappa shape index (κ3) is 4.53.